The van der Waals surface area contributed by atoms with Crippen LogP contribution in [0.15, 0.2) is 6.20 Å². The number of hydrogen-bond acceptors (Lipinski definition) is 5. The van der Waals surface area contributed by atoms with Gasteiger partial charge in [0.05, 0.1) is 13.2 Å². The van der Waals surface area contributed by atoms with Crippen molar-refractivity contribution in [1.82, 2.24) is 20.2 Å². The van der Waals surface area contributed by atoms with Crippen LogP contribution < -0.4 is 5.32 Å². The lowest BCUT2D eigenvalue weighted by Crippen LogP contribution is -2.38. The predicted molar refractivity (Wildman–Crippen MR) is 73.0 cm³/mol. The van der Waals surface area contributed by atoms with Gasteiger partial charge in [-0.05, 0) is 6.54 Å². The lowest BCUT2D eigenvalue weighted by Gasteiger charge is -2.30. The molecule has 1 atom stereocenters. The van der Waals surface area contributed by atoms with E-state index in [1.165, 1.54) is 0 Å². The topological polar surface area (TPSA) is 62.4 Å². The molecule has 6 nitrogen and oxygen atoms in total. The van der Waals surface area contributed by atoms with Crippen molar-refractivity contribution in [1.29, 1.82) is 0 Å². The molecule has 108 valence electrons. The van der Waals surface area contributed by atoms with E-state index < -0.39 is 0 Å². The highest BCUT2D eigenvalue weighted by Crippen LogP contribution is 2.19. The zero-order valence-corrected chi connectivity index (χ0v) is 11.8. The molecular formula is C13H24N4O2. The maximum absolute atomic E-state index is 5.78. The Morgan fingerprint density at radius 3 is 3.32 bits per heavy atom. The molecule has 0 aromatic carbocycles. The maximum Gasteiger partial charge on any atom is 0.136 e. The predicted octanol–water partition coefficient (Wildman–Crippen LogP) is 0.539. The summed E-state index contributed by atoms with van der Waals surface area (Å²) in [7, 11) is 1.70. The van der Waals surface area contributed by atoms with Gasteiger partial charge in [-0.3, -0.25) is 4.90 Å². The molecule has 1 aromatic rings. The fraction of sp³-hybridized carbons (Fsp3) is 0.769. The molecule has 0 radical (unpaired) electrons. The summed E-state index contributed by atoms with van der Waals surface area (Å²) in [5.41, 5.74) is 1.09. The number of ether oxygens (including phenoxy) is 2. The van der Waals surface area contributed by atoms with Crippen LogP contribution in [0.25, 0.3) is 0 Å². The van der Waals surface area contributed by atoms with Crippen LogP contribution in [-0.2, 0) is 16.0 Å². The Kier molecular flexibility index (Phi) is 5.78. The summed E-state index contributed by atoms with van der Waals surface area (Å²) in [5.74, 6) is 0.932. The molecule has 1 unspecified atom stereocenters. The monoisotopic (exact) mass is 268 g/mol. The molecule has 1 saturated heterocycles. The quantitative estimate of drug-likeness (QED) is 0.707. The first-order valence-corrected chi connectivity index (χ1v) is 6.91. The molecule has 19 heavy (non-hydrogen) atoms. The second-order valence-corrected chi connectivity index (χ2v) is 4.72. The van der Waals surface area contributed by atoms with Crippen molar-refractivity contribution in [2.45, 2.75) is 19.6 Å². The largest absolute Gasteiger partial charge is 0.383 e. The van der Waals surface area contributed by atoms with Crippen LogP contribution in [0.1, 0.15) is 24.5 Å². The van der Waals surface area contributed by atoms with Gasteiger partial charge in [-0.25, -0.2) is 4.98 Å². The summed E-state index contributed by atoms with van der Waals surface area (Å²) in [4.78, 5) is 10.1. The Hall–Kier alpha value is -0.950. The van der Waals surface area contributed by atoms with Crippen molar-refractivity contribution in [3.63, 3.8) is 0 Å². The minimum Gasteiger partial charge on any atom is -0.383 e. The number of hydrogen-bond donors (Lipinski definition) is 2. The molecule has 0 spiro atoms. The molecule has 0 aliphatic carbocycles. The molecular weight excluding hydrogens is 244 g/mol. The van der Waals surface area contributed by atoms with E-state index in [1.807, 2.05) is 6.20 Å². The van der Waals surface area contributed by atoms with Gasteiger partial charge < -0.3 is 19.8 Å². The second kappa shape index (κ2) is 7.59. The molecule has 0 amide bonds. The highest BCUT2D eigenvalue weighted by atomic mass is 16.5. The fourth-order valence-corrected chi connectivity index (χ4v) is 2.18. The Balaban J connectivity index is 1.82. The van der Waals surface area contributed by atoms with Crippen LogP contribution in [0.3, 0.4) is 0 Å². The lowest BCUT2D eigenvalue weighted by molar-refractivity contribution is -0.0322. The second-order valence-electron chi connectivity index (χ2n) is 4.72. The molecule has 1 aromatic heterocycles. The van der Waals surface area contributed by atoms with E-state index >= 15 is 0 Å². The zero-order valence-electron chi connectivity index (χ0n) is 11.8. The maximum atomic E-state index is 5.78. The summed E-state index contributed by atoms with van der Waals surface area (Å²) in [6.45, 7) is 8.29. The van der Waals surface area contributed by atoms with E-state index in [0.717, 1.165) is 57.5 Å². The van der Waals surface area contributed by atoms with Crippen LogP contribution in [0.2, 0.25) is 0 Å². The number of methoxy groups -OCH3 is 1. The summed E-state index contributed by atoms with van der Waals surface area (Å²) < 4.78 is 10.8. The van der Waals surface area contributed by atoms with Gasteiger partial charge in [0, 0.05) is 45.2 Å². The van der Waals surface area contributed by atoms with E-state index in [0.29, 0.717) is 0 Å². The third kappa shape index (κ3) is 4.28. The summed E-state index contributed by atoms with van der Waals surface area (Å²) in [5, 5.41) is 3.29. The minimum atomic E-state index is 0.0708. The van der Waals surface area contributed by atoms with Crippen molar-refractivity contribution in [3.05, 3.63) is 17.7 Å². The van der Waals surface area contributed by atoms with Gasteiger partial charge >= 0.3 is 0 Å². The van der Waals surface area contributed by atoms with Crippen molar-refractivity contribution in [2.75, 3.05) is 46.5 Å². The highest BCUT2D eigenvalue weighted by molar-refractivity contribution is 5.04. The van der Waals surface area contributed by atoms with Crippen molar-refractivity contribution >= 4 is 0 Å². The molecule has 0 saturated carbocycles. The number of imidazole rings is 1. The van der Waals surface area contributed by atoms with Crippen molar-refractivity contribution in [3.8, 4) is 0 Å². The highest BCUT2D eigenvalue weighted by Gasteiger charge is 2.23. The lowest BCUT2D eigenvalue weighted by atomic mass is 10.2. The van der Waals surface area contributed by atoms with Gasteiger partial charge in [0.15, 0.2) is 0 Å². The molecule has 2 rings (SSSR count). The summed E-state index contributed by atoms with van der Waals surface area (Å²) in [6, 6.07) is 0. The Morgan fingerprint density at radius 2 is 2.53 bits per heavy atom. The Bertz CT molecular complexity index is 369. The number of rotatable bonds is 7. The van der Waals surface area contributed by atoms with E-state index in [1.54, 1.807) is 7.11 Å². The molecule has 2 heterocycles. The smallest absolute Gasteiger partial charge is 0.136 e. The van der Waals surface area contributed by atoms with Crippen LogP contribution in [0.4, 0.5) is 0 Å². The number of morpholine rings is 1. The van der Waals surface area contributed by atoms with Crippen LogP contribution in [0, 0.1) is 0 Å². The first-order chi connectivity index (χ1) is 9.33. The van der Waals surface area contributed by atoms with Gasteiger partial charge in [0.1, 0.15) is 11.9 Å². The molecule has 1 aliphatic rings. The first kappa shape index (κ1) is 14.5. The van der Waals surface area contributed by atoms with E-state index in [9.17, 15) is 0 Å². The Morgan fingerprint density at radius 1 is 1.63 bits per heavy atom. The number of aromatic amines is 1. The molecule has 2 N–H and O–H groups in total. The first-order valence-electron chi connectivity index (χ1n) is 6.91. The normalized spacial score (nSPS) is 20.8. The van der Waals surface area contributed by atoms with E-state index in [-0.39, 0.29) is 6.10 Å². The number of H-pyrrole nitrogens is 1. The summed E-state index contributed by atoms with van der Waals surface area (Å²) in [6.07, 6.45) is 1.95. The molecule has 0 bridgehead atoms. The minimum absolute atomic E-state index is 0.0708. The SMILES string of the molecule is CCN1CCOC(c2ncc(CNCCOC)[nH]2)C1. The molecule has 1 fully saturated rings. The van der Waals surface area contributed by atoms with Gasteiger partial charge in [0.25, 0.3) is 0 Å². The molecule has 6 heteroatoms. The number of nitrogens with zero attached hydrogens (tertiary/aromatic N) is 2. The average Bonchev–Trinajstić information content (AvgIpc) is 2.92. The van der Waals surface area contributed by atoms with Gasteiger partial charge in [-0.2, -0.15) is 0 Å². The van der Waals surface area contributed by atoms with Gasteiger partial charge in [-0.15, -0.1) is 0 Å². The standard InChI is InChI=1S/C13H24N4O2/c1-3-17-5-7-19-12(10-17)13-15-9-11(16-13)8-14-4-6-18-2/h9,12,14H,3-8,10H2,1-2H3,(H,15,16). The Labute approximate surface area is 114 Å². The van der Waals surface area contributed by atoms with Gasteiger partial charge in [0.2, 0.25) is 0 Å². The third-order valence-corrected chi connectivity index (χ3v) is 3.35. The zero-order chi connectivity index (χ0) is 13.5. The van der Waals surface area contributed by atoms with E-state index in [2.05, 4.69) is 27.1 Å². The van der Waals surface area contributed by atoms with Crippen LogP contribution in [0.5, 0.6) is 0 Å². The van der Waals surface area contributed by atoms with E-state index in [4.69, 9.17) is 9.47 Å². The molecule has 1 aliphatic heterocycles. The number of nitrogens with one attached hydrogen (secondary N) is 2. The van der Waals surface area contributed by atoms with Gasteiger partial charge in [-0.1, -0.05) is 6.92 Å². The number of likely N-dealkylation sites (N-methyl/N-ethyl adjacent to an activating group) is 1. The van der Waals surface area contributed by atoms with Crippen LogP contribution >= 0.6 is 0 Å². The third-order valence-electron chi connectivity index (χ3n) is 3.35. The average molecular weight is 268 g/mol. The number of aromatic nitrogens is 2. The van der Waals surface area contributed by atoms with Crippen LogP contribution in [-0.4, -0.2) is 61.4 Å². The van der Waals surface area contributed by atoms with Crippen molar-refractivity contribution < 1.29 is 9.47 Å². The van der Waals surface area contributed by atoms with Crippen molar-refractivity contribution in [2.24, 2.45) is 0 Å². The fourth-order valence-electron chi connectivity index (χ4n) is 2.18. The summed E-state index contributed by atoms with van der Waals surface area (Å²) >= 11 is 0.